The van der Waals surface area contributed by atoms with Gasteiger partial charge in [0.2, 0.25) is 5.95 Å². The van der Waals surface area contributed by atoms with Gasteiger partial charge in [-0.1, -0.05) is 20.3 Å². The third-order valence-electron chi connectivity index (χ3n) is 3.99. The first-order valence-corrected chi connectivity index (χ1v) is 7.79. The molecule has 1 aliphatic rings. The molecule has 1 unspecified atom stereocenters. The number of hydrogen-bond acceptors (Lipinski definition) is 3. The fraction of sp³-hybridized carbons (Fsp3) is 0.733. The summed E-state index contributed by atoms with van der Waals surface area (Å²) in [6, 6.07) is 0.265. The molecule has 0 saturated heterocycles. The van der Waals surface area contributed by atoms with Gasteiger partial charge in [0.1, 0.15) is 5.69 Å². The van der Waals surface area contributed by atoms with Crippen LogP contribution in [0.2, 0.25) is 0 Å². The van der Waals surface area contributed by atoms with Crippen LogP contribution >= 0.6 is 0 Å². The van der Waals surface area contributed by atoms with E-state index in [2.05, 4.69) is 31.1 Å². The van der Waals surface area contributed by atoms with Crippen LogP contribution in [0.1, 0.15) is 56.9 Å². The van der Waals surface area contributed by atoms with Gasteiger partial charge in [-0.3, -0.25) is 4.79 Å². The quantitative estimate of drug-likeness (QED) is 0.870. The maximum absolute atomic E-state index is 12.7. The molecule has 1 aromatic heterocycles. The molecule has 1 amide bonds. The Morgan fingerprint density at radius 1 is 1.55 bits per heavy atom. The molecule has 0 spiro atoms. The highest BCUT2D eigenvalue weighted by Gasteiger charge is 2.24. The summed E-state index contributed by atoms with van der Waals surface area (Å²) in [5, 5.41) is 3.24. The topological polar surface area (TPSA) is 50.2 Å². The Bertz CT molecular complexity index is 431. The molecule has 1 aliphatic heterocycles. The zero-order chi connectivity index (χ0) is 14.5. The number of aromatic nitrogens is 2. The summed E-state index contributed by atoms with van der Waals surface area (Å²) in [4.78, 5) is 19.1. The lowest BCUT2D eigenvalue weighted by molar-refractivity contribution is 0.0679. The molecule has 20 heavy (non-hydrogen) atoms. The fourth-order valence-electron chi connectivity index (χ4n) is 2.50. The van der Waals surface area contributed by atoms with Crippen LogP contribution in [0.5, 0.6) is 0 Å². The maximum Gasteiger partial charge on any atom is 0.274 e. The van der Waals surface area contributed by atoms with E-state index in [0.717, 1.165) is 51.3 Å². The van der Waals surface area contributed by atoms with Gasteiger partial charge in [0, 0.05) is 31.9 Å². The van der Waals surface area contributed by atoms with E-state index in [1.54, 1.807) is 0 Å². The van der Waals surface area contributed by atoms with Crippen LogP contribution in [0, 0.1) is 0 Å². The van der Waals surface area contributed by atoms with Crippen molar-refractivity contribution in [1.82, 2.24) is 14.5 Å². The SMILES string of the molecule is CCCCN(C(=O)c1cn2c(n1)NCCC2)C(C)CC. The second-order valence-electron chi connectivity index (χ2n) is 5.53. The average molecular weight is 278 g/mol. The molecule has 2 heterocycles. The highest BCUT2D eigenvalue weighted by molar-refractivity contribution is 5.92. The van der Waals surface area contributed by atoms with Crippen molar-refractivity contribution < 1.29 is 4.79 Å². The van der Waals surface area contributed by atoms with Gasteiger partial charge in [0.25, 0.3) is 5.91 Å². The summed E-state index contributed by atoms with van der Waals surface area (Å²) < 4.78 is 2.05. The van der Waals surface area contributed by atoms with Crippen molar-refractivity contribution in [1.29, 1.82) is 0 Å². The lowest BCUT2D eigenvalue weighted by Gasteiger charge is -2.27. The van der Waals surface area contributed by atoms with E-state index in [1.807, 2.05) is 15.7 Å². The van der Waals surface area contributed by atoms with E-state index >= 15 is 0 Å². The number of amides is 1. The summed E-state index contributed by atoms with van der Waals surface area (Å²) in [7, 11) is 0. The Morgan fingerprint density at radius 2 is 2.35 bits per heavy atom. The zero-order valence-electron chi connectivity index (χ0n) is 12.9. The van der Waals surface area contributed by atoms with Crippen LogP contribution in [0.3, 0.4) is 0 Å². The number of aryl methyl sites for hydroxylation is 1. The van der Waals surface area contributed by atoms with Gasteiger partial charge in [0.05, 0.1) is 0 Å². The Labute approximate surface area is 121 Å². The average Bonchev–Trinajstić information content (AvgIpc) is 2.90. The molecule has 0 radical (unpaired) electrons. The van der Waals surface area contributed by atoms with Crippen LogP contribution in [0.15, 0.2) is 6.20 Å². The van der Waals surface area contributed by atoms with Crippen LogP contribution in [-0.2, 0) is 6.54 Å². The van der Waals surface area contributed by atoms with Crippen LogP contribution in [0.4, 0.5) is 5.95 Å². The van der Waals surface area contributed by atoms with Crippen molar-refractivity contribution in [3.8, 4) is 0 Å². The Balaban J connectivity index is 2.15. The molecule has 1 atom stereocenters. The minimum atomic E-state index is 0.0662. The van der Waals surface area contributed by atoms with E-state index < -0.39 is 0 Å². The second-order valence-corrected chi connectivity index (χ2v) is 5.53. The smallest absolute Gasteiger partial charge is 0.274 e. The lowest BCUT2D eigenvalue weighted by atomic mass is 10.2. The molecule has 0 aromatic carbocycles. The molecule has 5 heteroatoms. The number of nitrogens with one attached hydrogen (secondary N) is 1. The Hall–Kier alpha value is -1.52. The third-order valence-corrected chi connectivity index (χ3v) is 3.99. The van der Waals surface area contributed by atoms with E-state index in [4.69, 9.17) is 0 Å². The molecule has 5 nitrogen and oxygen atoms in total. The molecule has 1 aromatic rings. The van der Waals surface area contributed by atoms with Crippen molar-refractivity contribution in [2.45, 2.75) is 59.0 Å². The number of carbonyl (C=O) groups is 1. The van der Waals surface area contributed by atoms with Gasteiger partial charge in [-0.15, -0.1) is 0 Å². The van der Waals surface area contributed by atoms with Crippen molar-refractivity contribution in [2.24, 2.45) is 0 Å². The number of rotatable bonds is 6. The first-order valence-electron chi connectivity index (χ1n) is 7.79. The maximum atomic E-state index is 12.7. The molecular weight excluding hydrogens is 252 g/mol. The minimum Gasteiger partial charge on any atom is -0.356 e. The predicted molar refractivity (Wildman–Crippen MR) is 81.0 cm³/mol. The Morgan fingerprint density at radius 3 is 3.00 bits per heavy atom. The van der Waals surface area contributed by atoms with Gasteiger partial charge < -0.3 is 14.8 Å². The van der Waals surface area contributed by atoms with Gasteiger partial charge >= 0.3 is 0 Å². The summed E-state index contributed by atoms with van der Waals surface area (Å²) >= 11 is 0. The summed E-state index contributed by atoms with van der Waals surface area (Å²) in [5.41, 5.74) is 0.575. The van der Waals surface area contributed by atoms with Crippen molar-refractivity contribution in [2.75, 3.05) is 18.4 Å². The number of nitrogens with zero attached hydrogens (tertiary/aromatic N) is 3. The number of carbonyl (C=O) groups excluding carboxylic acids is 1. The first-order chi connectivity index (χ1) is 9.67. The van der Waals surface area contributed by atoms with E-state index in [1.165, 1.54) is 0 Å². The number of fused-ring (bicyclic) bond motifs is 1. The van der Waals surface area contributed by atoms with Gasteiger partial charge in [0.15, 0.2) is 0 Å². The lowest BCUT2D eigenvalue weighted by Crippen LogP contribution is -2.39. The molecule has 0 saturated carbocycles. The number of unbranched alkanes of at least 4 members (excludes halogenated alkanes) is 1. The molecule has 0 aliphatic carbocycles. The van der Waals surface area contributed by atoms with Crippen LogP contribution in [0.25, 0.3) is 0 Å². The molecule has 112 valence electrons. The zero-order valence-corrected chi connectivity index (χ0v) is 12.9. The fourth-order valence-corrected chi connectivity index (χ4v) is 2.50. The van der Waals surface area contributed by atoms with E-state index in [0.29, 0.717) is 5.69 Å². The van der Waals surface area contributed by atoms with Crippen molar-refractivity contribution in [3.63, 3.8) is 0 Å². The van der Waals surface area contributed by atoms with E-state index in [9.17, 15) is 4.79 Å². The summed E-state index contributed by atoms with van der Waals surface area (Å²) in [5.74, 6) is 0.899. The second kappa shape index (κ2) is 6.77. The number of imidazole rings is 1. The predicted octanol–water partition coefficient (Wildman–Crippen LogP) is 2.74. The molecule has 2 rings (SSSR count). The molecule has 1 N–H and O–H groups in total. The molecular formula is C15H26N4O. The summed E-state index contributed by atoms with van der Waals surface area (Å²) in [6.07, 6.45) is 6.09. The first kappa shape index (κ1) is 14.9. The number of anilines is 1. The van der Waals surface area contributed by atoms with Crippen molar-refractivity contribution >= 4 is 11.9 Å². The van der Waals surface area contributed by atoms with Gasteiger partial charge in [-0.2, -0.15) is 0 Å². The van der Waals surface area contributed by atoms with E-state index in [-0.39, 0.29) is 11.9 Å². The minimum absolute atomic E-state index is 0.0662. The standard InChI is InChI=1S/C15H26N4O/c1-4-6-10-19(12(3)5-2)14(20)13-11-18-9-7-8-16-15(18)17-13/h11-12H,4-10H2,1-3H3,(H,16,17). The molecule has 0 bridgehead atoms. The Kier molecular flexibility index (Phi) is 5.04. The van der Waals surface area contributed by atoms with Gasteiger partial charge in [-0.25, -0.2) is 4.98 Å². The van der Waals surface area contributed by atoms with Crippen LogP contribution < -0.4 is 5.32 Å². The van der Waals surface area contributed by atoms with Gasteiger partial charge in [-0.05, 0) is 26.2 Å². The summed E-state index contributed by atoms with van der Waals surface area (Å²) in [6.45, 7) is 9.09. The highest BCUT2D eigenvalue weighted by atomic mass is 16.2. The number of hydrogen-bond donors (Lipinski definition) is 1. The van der Waals surface area contributed by atoms with Crippen molar-refractivity contribution in [3.05, 3.63) is 11.9 Å². The van der Waals surface area contributed by atoms with Crippen LogP contribution in [-0.4, -0.2) is 39.5 Å². The normalized spacial score (nSPS) is 15.3. The monoisotopic (exact) mass is 278 g/mol. The molecule has 0 fully saturated rings. The third kappa shape index (κ3) is 3.14. The highest BCUT2D eigenvalue weighted by Crippen LogP contribution is 2.17. The largest absolute Gasteiger partial charge is 0.356 e.